The van der Waals surface area contributed by atoms with E-state index in [4.69, 9.17) is 0 Å². The minimum Gasteiger partial charge on any atom is -0.348 e. The molecule has 0 aliphatic carbocycles. The molecule has 0 aliphatic rings. The number of imidazole rings is 1. The van der Waals surface area contributed by atoms with Gasteiger partial charge in [0.1, 0.15) is 6.54 Å². The van der Waals surface area contributed by atoms with Crippen LogP contribution in [-0.2, 0) is 11.3 Å². The van der Waals surface area contributed by atoms with Crippen LogP contribution in [0.5, 0.6) is 0 Å². The number of hydrogen-bond donors (Lipinski definition) is 2. The standard InChI is InChI=1S/C17H16BrN5O3/c1-11(12-2-4-13(5-3-12)22-7-6-19-10-22)20-15(24)9-23-8-14(18)16(25)21-17(23)26/h2-8,10-11H,9H2,1H3,(H,20,24)(H,21,25,26). The van der Waals surface area contributed by atoms with Crippen molar-refractivity contribution in [1.82, 2.24) is 24.4 Å². The summed E-state index contributed by atoms with van der Waals surface area (Å²) < 4.78 is 3.21. The molecular weight excluding hydrogens is 402 g/mol. The smallest absolute Gasteiger partial charge is 0.328 e. The summed E-state index contributed by atoms with van der Waals surface area (Å²) in [6.07, 6.45) is 6.56. The van der Waals surface area contributed by atoms with E-state index in [1.54, 1.807) is 12.5 Å². The van der Waals surface area contributed by atoms with Gasteiger partial charge < -0.3 is 9.88 Å². The molecule has 0 bridgehead atoms. The highest BCUT2D eigenvalue weighted by Crippen LogP contribution is 2.15. The number of amides is 1. The van der Waals surface area contributed by atoms with E-state index in [2.05, 4.69) is 31.2 Å². The first-order valence-corrected chi connectivity index (χ1v) is 8.60. The van der Waals surface area contributed by atoms with Crippen LogP contribution in [0.2, 0.25) is 0 Å². The number of aromatic nitrogens is 4. The van der Waals surface area contributed by atoms with Gasteiger partial charge in [-0.1, -0.05) is 12.1 Å². The van der Waals surface area contributed by atoms with Crippen LogP contribution in [0, 0.1) is 0 Å². The van der Waals surface area contributed by atoms with Crippen molar-refractivity contribution in [3.63, 3.8) is 0 Å². The molecule has 0 radical (unpaired) electrons. The largest absolute Gasteiger partial charge is 0.348 e. The summed E-state index contributed by atoms with van der Waals surface area (Å²) in [4.78, 5) is 41.4. The summed E-state index contributed by atoms with van der Waals surface area (Å²) in [6, 6.07) is 7.47. The minimum atomic E-state index is -0.634. The molecule has 1 amide bonds. The lowest BCUT2D eigenvalue weighted by molar-refractivity contribution is -0.122. The Morgan fingerprint density at radius 3 is 2.69 bits per heavy atom. The Kier molecular flexibility index (Phi) is 5.17. The van der Waals surface area contributed by atoms with Crippen LogP contribution in [0.3, 0.4) is 0 Å². The Bertz CT molecular complexity index is 1020. The number of nitrogens with one attached hydrogen (secondary N) is 2. The van der Waals surface area contributed by atoms with Gasteiger partial charge in [-0.05, 0) is 40.5 Å². The normalized spacial score (nSPS) is 11.9. The first-order chi connectivity index (χ1) is 12.4. The van der Waals surface area contributed by atoms with Gasteiger partial charge in [0, 0.05) is 24.3 Å². The van der Waals surface area contributed by atoms with Crippen molar-refractivity contribution in [2.45, 2.75) is 19.5 Å². The molecule has 3 rings (SSSR count). The number of halogens is 1. The number of hydrogen-bond acceptors (Lipinski definition) is 4. The number of carbonyl (C=O) groups excluding carboxylic acids is 1. The lowest BCUT2D eigenvalue weighted by Gasteiger charge is -2.15. The van der Waals surface area contributed by atoms with Crippen LogP contribution < -0.4 is 16.6 Å². The van der Waals surface area contributed by atoms with Crippen molar-refractivity contribution >= 4 is 21.8 Å². The highest BCUT2D eigenvalue weighted by molar-refractivity contribution is 9.10. The highest BCUT2D eigenvalue weighted by Gasteiger charge is 2.12. The fourth-order valence-corrected chi connectivity index (χ4v) is 2.82. The summed E-state index contributed by atoms with van der Waals surface area (Å²) in [5.41, 5.74) is 0.732. The summed E-state index contributed by atoms with van der Waals surface area (Å²) in [5.74, 6) is -0.336. The third-order valence-corrected chi connectivity index (χ3v) is 4.42. The van der Waals surface area contributed by atoms with E-state index in [0.717, 1.165) is 15.8 Å². The van der Waals surface area contributed by atoms with E-state index < -0.39 is 11.2 Å². The van der Waals surface area contributed by atoms with Crippen molar-refractivity contribution in [2.24, 2.45) is 0 Å². The fourth-order valence-electron chi connectivity index (χ4n) is 2.47. The quantitative estimate of drug-likeness (QED) is 0.654. The lowest BCUT2D eigenvalue weighted by Crippen LogP contribution is -2.36. The second-order valence-corrected chi connectivity index (χ2v) is 6.57. The molecule has 2 heterocycles. The van der Waals surface area contributed by atoms with E-state index in [9.17, 15) is 14.4 Å². The zero-order chi connectivity index (χ0) is 18.7. The Hall–Kier alpha value is -2.94. The molecule has 2 N–H and O–H groups in total. The van der Waals surface area contributed by atoms with Gasteiger partial charge in [-0.25, -0.2) is 9.78 Å². The fraction of sp³-hybridized carbons (Fsp3) is 0.176. The van der Waals surface area contributed by atoms with Crippen LogP contribution in [0.1, 0.15) is 18.5 Å². The van der Waals surface area contributed by atoms with Gasteiger partial charge in [0.2, 0.25) is 5.91 Å². The van der Waals surface area contributed by atoms with Crippen LogP contribution in [0.25, 0.3) is 5.69 Å². The second kappa shape index (κ2) is 7.52. The third-order valence-electron chi connectivity index (χ3n) is 3.85. The average Bonchev–Trinajstić information content (AvgIpc) is 3.14. The predicted octanol–water partition coefficient (Wildman–Crippen LogP) is 1.36. The van der Waals surface area contributed by atoms with Gasteiger partial charge >= 0.3 is 5.69 Å². The summed E-state index contributed by atoms with van der Waals surface area (Å²) in [7, 11) is 0. The van der Waals surface area contributed by atoms with E-state index in [1.807, 2.05) is 42.0 Å². The maximum Gasteiger partial charge on any atom is 0.328 e. The van der Waals surface area contributed by atoms with Crippen LogP contribution >= 0.6 is 15.9 Å². The second-order valence-electron chi connectivity index (χ2n) is 5.71. The Morgan fingerprint density at radius 1 is 1.31 bits per heavy atom. The highest BCUT2D eigenvalue weighted by atomic mass is 79.9. The molecule has 1 atom stereocenters. The molecule has 0 aliphatic heterocycles. The van der Waals surface area contributed by atoms with E-state index in [0.29, 0.717) is 0 Å². The van der Waals surface area contributed by atoms with Gasteiger partial charge in [-0.2, -0.15) is 0 Å². The molecule has 134 valence electrons. The van der Waals surface area contributed by atoms with Gasteiger partial charge in [-0.15, -0.1) is 0 Å². The zero-order valence-electron chi connectivity index (χ0n) is 13.8. The maximum absolute atomic E-state index is 12.2. The number of nitrogens with zero attached hydrogens (tertiary/aromatic N) is 3. The molecule has 1 aromatic carbocycles. The first kappa shape index (κ1) is 17.9. The number of rotatable bonds is 5. The van der Waals surface area contributed by atoms with E-state index >= 15 is 0 Å². The van der Waals surface area contributed by atoms with E-state index in [1.165, 1.54) is 6.20 Å². The molecule has 0 fully saturated rings. The van der Waals surface area contributed by atoms with Crippen LogP contribution in [-0.4, -0.2) is 25.0 Å². The molecule has 3 aromatic rings. The monoisotopic (exact) mass is 417 g/mol. The number of aromatic amines is 1. The Labute approximate surface area is 156 Å². The summed E-state index contributed by atoms with van der Waals surface area (Å²) in [5, 5.41) is 2.84. The molecule has 9 heteroatoms. The maximum atomic E-state index is 12.2. The number of H-pyrrole nitrogens is 1. The van der Waals surface area contributed by atoms with Crippen molar-refractivity contribution in [2.75, 3.05) is 0 Å². The van der Waals surface area contributed by atoms with Gasteiger partial charge in [0.05, 0.1) is 16.8 Å². The van der Waals surface area contributed by atoms with Gasteiger partial charge in [0.15, 0.2) is 0 Å². The third kappa shape index (κ3) is 3.99. The van der Waals surface area contributed by atoms with Crippen molar-refractivity contribution in [1.29, 1.82) is 0 Å². The summed E-state index contributed by atoms with van der Waals surface area (Å²) in [6.45, 7) is 1.67. The van der Waals surface area contributed by atoms with Crippen LogP contribution in [0.4, 0.5) is 0 Å². The molecule has 0 saturated carbocycles. The lowest BCUT2D eigenvalue weighted by atomic mass is 10.1. The SMILES string of the molecule is CC(NC(=O)Cn1cc(Br)c(=O)[nH]c1=O)c1ccc(-n2ccnc2)cc1. The molecule has 2 aromatic heterocycles. The Morgan fingerprint density at radius 2 is 2.04 bits per heavy atom. The van der Waals surface area contributed by atoms with Gasteiger partial charge in [-0.3, -0.25) is 19.1 Å². The van der Waals surface area contributed by atoms with Gasteiger partial charge in [0.25, 0.3) is 5.56 Å². The number of carbonyl (C=O) groups is 1. The molecule has 26 heavy (non-hydrogen) atoms. The number of benzene rings is 1. The topological polar surface area (TPSA) is 102 Å². The molecule has 0 spiro atoms. The Balaban J connectivity index is 1.67. The van der Waals surface area contributed by atoms with E-state index in [-0.39, 0.29) is 23.0 Å². The van der Waals surface area contributed by atoms with Crippen molar-refractivity contribution in [3.05, 3.63) is 80.1 Å². The molecule has 1 unspecified atom stereocenters. The summed E-state index contributed by atoms with van der Waals surface area (Å²) >= 11 is 3.04. The predicted molar refractivity (Wildman–Crippen MR) is 99.1 cm³/mol. The average molecular weight is 418 g/mol. The molecular formula is C17H16BrN5O3. The molecule has 8 nitrogen and oxygen atoms in total. The van der Waals surface area contributed by atoms with Crippen LogP contribution in [0.15, 0.2) is 63.2 Å². The van der Waals surface area contributed by atoms with Crippen molar-refractivity contribution in [3.8, 4) is 5.69 Å². The minimum absolute atomic E-state index is 0.188. The molecule has 0 saturated heterocycles. The van der Waals surface area contributed by atoms with Crippen molar-refractivity contribution < 1.29 is 4.79 Å². The zero-order valence-corrected chi connectivity index (χ0v) is 15.4. The first-order valence-electron chi connectivity index (χ1n) is 7.81.